The minimum atomic E-state index is -0.275. The van der Waals surface area contributed by atoms with Crippen LogP contribution in [-0.2, 0) is 4.79 Å². The minimum Gasteiger partial charge on any atom is -0.266 e. The lowest BCUT2D eigenvalue weighted by molar-refractivity contribution is -0.127. The Morgan fingerprint density at radius 2 is 2.07 bits per heavy atom. The van der Waals surface area contributed by atoms with Crippen molar-refractivity contribution >= 4 is 23.6 Å². The molecule has 1 rings (SSSR count). The van der Waals surface area contributed by atoms with Gasteiger partial charge in [-0.25, -0.2) is 10.3 Å². The highest BCUT2D eigenvalue weighted by atomic mass is 32.2. The van der Waals surface area contributed by atoms with E-state index in [0.717, 1.165) is 0 Å². The van der Waals surface area contributed by atoms with Crippen LogP contribution in [0.3, 0.4) is 0 Å². The van der Waals surface area contributed by atoms with E-state index in [1.54, 1.807) is 4.41 Å². The van der Waals surface area contributed by atoms with Gasteiger partial charge in [0.1, 0.15) is 12.4 Å². The van der Waals surface area contributed by atoms with Crippen LogP contribution >= 0.6 is 11.9 Å². The summed E-state index contributed by atoms with van der Waals surface area (Å²) in [5, 5.41) is 5.43. The van der Waals surface area contributed by atoms with Gasteiger partial charge in [-0.3, -0.25) is 9.80 Å². The summed E-state index contributed by atoms with van der Waals surface area (Å²) in [6, 6.07) is 0. The van der Waals surface area contributed by atoms with Crippen molar-refractivity contribution in [2.45, 2.75) is 20.8 Å². The summed E-state index contributed by atoms with van der Waals surface area (Å²) in [6.07, 6.45) is 1.90. The van der Waals surface area contributed by atoms with Gasteiger partial charge in [-0.15, -0.1) is 0 Å². The topological polar surface area (TPSA) is 61.9 Å². The molecule has 1 heterocycles. The van der Waals surface area contributed by atoms with Crippen LogP contribution in [0, 0.1) is 5.41 Å². The maximum absolute atomic E-state index is 11.7. The van der Waals surface area contributed by atoms with Crippen molar-refractivity contribution in [1.82, 2.24) is 9.42 Å². The van der Waals surface area contributed by atoms with Gasteiger partial charge in [0.05, 0.1) is 0 Å². The number of carbonyl (C=O) groups is 1. The number of hydrogen-bond acceptors (Lipinski definition) is 5. The van der Waals surface area contributed by atoms with Crippen molar-refractivity contribution in [3.63, 3.8) is 0 Å². The Hall–Kier alpha value is -0.750. The van der Waals surface area contributed by atoms with E-state index < -0.39 is 0 Å². The lowest BCUT2D eigenvalue weighted by atomic mass is 9.89. The van der Waals surface area contributed by atoms with Crippen molar-refractivity contribution < 1.29 is 4.79 Å². The van der Waals surface area contributed by atoms with Gasteiger partial charge in [-0.2, -0.15) is 5.10 Å². The highest BCUT2D eigenvalue weighted by Crippen LogP contribution is 2.22. The first-order chi connectivity index (χ1) is 6.36. The molecule has 0 unspecified atom stereocenters. The molecule has 14 heavy (non-hydrogen) atoms. The Labute approximate surface area is 88.4 Å². The molecule has 0 radical (unpaired) electrons. The summed E-state index contributed by atoms with van der Waals surface area (Å²) in [5.41, 5.74) is 0.226. The normalized spacial score (nSPS) is 18.6. The van der Waals surface area contributed by atoms with Crippen LogP contribution in [0.15, 0.2) is 5.10 Å². The van der Waals surface area contributed by atoms with Crippen LogP contribution in [-0.4, -0.2) is 34.0 Å². The maximum Gasteiger partial charge on any atom is 0.286 e. The number of rotatable bonds is 1. The Kier molecular flexibility index (Phi) is 3.06. The van der Waals surface area contributed by atoms with Crippen molar-refractivity contribution in [2.24, 2.45) is 16.4 Å². The highest BCUT2D eigenvalue weighted by molar-refractivity contribution is 7.96. The quantitative estimate of drug-likeness (QED) is 0.397. The Balaban J connectivity index is 3.00. The highest BCUT2D eigenvalue weighted by Gasteiger charge is 2.33. The lowest BCUT2D eigenvalue weighted by Gasteiger charge is -2.33. The first-order valence-electron chi connectivity index (χ1n) is 4.33. The smallest absolute Gasteiger partial charge is 0.266 e. The van der Waals surface area contributed by atoms with Crippen LogP contribution in [0.25, 0.3) is 0 Å². The van der Waals surface area contributed by atoms with Crippen LogP contribution in [0.4, 0.5) is 0 Å². The van der Waals surface area contributed by atoms with Gasteiger partial charge in [0, 0.05) is 11.7 Å². The van der Waals surface area contributed by atoms with E-state index in [2.05, 4.69) is 5.10 Å². The molecule has 0 saturated heterocycles. The summed E-state index contributed by atoms with van der Waals surface area (Å²) in [5.74, 6) is 5.39. The summed E-state index contributed by atoms with van der Waals surface area (Å²) in [7, 11) is 0. The van der Waals surface area contributed by atoms with E-state index >= 15 is 0 Å². The molecular weight excluding hydrogens is 200 g/mol. The average molecular weight is 216 g/mol. The third-order valence-electron chi connectivity index (χ3n) is 1.87. The zero-order valence-electron chi connectivity index (χ0n) is 8.94. The van der Waals surface area contributed by atoms with Crippen LogP contribution in [0.1, 0.15) is 20.8 Å². The number of hydrazine groups is 1. The van der Waals surface area contributed by atoms with E-state index in [-0.39, 0.29) is 11.3 Å². The molecule has 0 spiro atoms. The molecule has 0 bridgehead atoms. The molecule has 0 atom stereocenters. The van der Waals surface area contributed by atoms with E-state index in [1.807, 2.05) is 27.0 Å². The number of nitrogens with zero attached hydrogens (tertiary/aromatic N) is 3. The fourth-order valence-electron chi connectivity index (χ4n) is 1.09. The zero-order chi connectivity index (χ0) is 10.9. The number of amides is 1. The van der Waals surface area contributed by atoms with Gasteiger partial charge in [0.15, 0.2) is 0 Å². The summed E-state index contributed by atoms with van der Waals surface area (Å²) < 4.78 is 1.70. The second-order valence-electron chi connectivity index (χ2n) is 4.15. The third kappa shape index (κ3) is 2.19. The lowest BCUT2D eigenvalue weighted by Crippen LogP contribution is -2.53. The second-order valence-corrected chi connectivity index (χ2v) is 4.94. The number of nitrogens with two attached hydrogens (primary N) is 1. The molecule has 1 aliphatic rings. The predicted molar refractivity (Wildman–Crippen MR) is 58.1 cm³/mol. The summed E-state index contributed by atoms with van der Waals surface area (Å²) in [6.45, 7) is 6.17. The van der Waals surface area contributed by atoms with E-state index in [0.29, 0.717) is 12.4 Å². The number of carbonyl (C=O) groups excluding carboxylic acids is 1. The standard InChI is InChI=1S/C8H16N4OS/c1-8(2,3)6-7(13)11(9)5-12(10-6)14-4/h5,9H2,1-4H3. The van der Waals surface area contributed by atoms with Gasteiger partial charge in [-0.1, -0.05) is 20.8 Å². The SMILES string of the molecule is CSN1CN(N)C(=O)C(C(C)(C)C)=N1. The van der Waals surface area contributed by atoms with Crippen molar-refractivity contribution in [3.8, 4) is 0 Å². The van der Waals surface area contributed by atoms with E-state index in [9.17, 15) is 4.79 Å². The second kappa shape index (κ2) is 3.78. The molecule has 0 aromatic rings. The molecule has 0 aromatic heterocycles. The Morgan fingerprint density at radius 3 is 2.50 bits per heavy atom. The fraction of sp³-hybridized carbons (Fsp3) is 0.750. The number of hydrazone groups is 1. The molecule has 0 aliphatic carbocycles. The number of hydrogen-bond donors (Lipinski definition) is 1. The minimum absolute atomic E-state index is 0.192. The maximum atomic E-state index is 11.7. The average Bonchev–Trinajstić information content (AvgIpc) is 2.07. The molecule has 0 fully saturated rings. The molecule has 5 nitrogen and oxygen atoms in total. The van der Waals surface area contributed by atoms with Gasteiger partial charge >= 0.3 is 0 Å². The predicted octanol–water partition coefficient (Wildman–Crippen LogP) is 0.642. The first kappa shape index (κ1) is 11.3. The zero-order valence-corrected chi connectivity index (χ0v) is 9.76. The van der Waals surface area contributed by atoms with Crippen molar-refractivity contribution in [1.29, 1.82) is 0 Å². The van der Waals surface area contributed by atoms with Crippen molar-refractivity contribution in [3.05, 3.63) is 0 Å². The van der Waals surface area contributed by atoms with Gasteiger partial charge in [-0.05, 0) is 11.9 Å². The Bertz CT molecular complexity index is 271. The third-order valence-corrected chi connectivity index (χ3v) is 2.49. The summed E-state index contributed by atoms with van der Waals surface area (Å²) in [4.78, 5) is 11.7. The molecule has 80 valence electrons. The van der Waals surface area contributed by atoms with Crippen LogP contribution < -0.4 is 5.84 Å². The summed E-state index contributed by atoms with van der Waals surface area (Å²) >= 11 is 1.44. The van der Waals surface area contributed by atoms with Gasteiger partial charge in [0.2, 0.25) is 0 Å². The molecule has 1 amide bonds. The Morgan fingerprint density at radius 1 is 1.50 bits per heavy atom. The molecule has 2 N–H and O–H groups in total. The molecular formula is C8H16N4OS. The van der Waals surface area contributed by atoms with Crippen molar-refractivity contribution in [2.75, 3.05) is 12.9 Å². The molecule has 1 aliphatic heterocycles. The molecule has 0 saturated carbocycles. The largest absolute Gasteiger partial charge is 0.286 e. The monoisotopic (exact) mass is 216 g/mol. The molecule has 0 aromatic carbocycles. The molecule has 6 heteroatoms. The fourth-order valence-corrected chi connectivity index (χ4v) is 1.49. The first-order valence-corrected chi connectivity index (χ1v) is 5.51. The van der Waals surface area contributed by atoms with Crippen LogP contribution in [0.2, 0.25) is 0 Å². The van der Waals surface area contributed by atoms with E-state index in [1.165, 1.54) is 17.0 Å². The van der Waals surface area contributed by atoms with Gasteiger partial charge < -0.3 is 0 Å². The van der Waals surface area contributed by atoms with Gasteiger partial charge in [0.25, 0.3) is 5.91 Å². The van der Waals surface area contributed by atoms with E-state index in [4.69, 9.17) is 5.84 Å². The van der Waals surface area contributed by atoms with Crippen LogP contribution in [0.5, 0.6) is 0 Å².